The van der Waals surface area contributed by atoms with Gasteiger partial charge in [-0.05, 0) is 13.0 Å². The standard InChI is InChI=1S/C9H11Cl2NO/c1-5(6(2)13)9-8(11)3-7(10)4-12-9/h3-6,13H,1-2H3. The molecule has 1 rings (SSSR count). The molecule has 2 nitrogen and oxygen atoms in total. The van der Waals surface area contributed by atoms with Gasteiger partial charge < -0.3 is 5.11 Å². The summed E-state index contributed by atoms with van der Waals surface area (Å²) in [6.07, 6.45) is 1.06. The molecule has 4 heteroatoms. The van der Waals surface area contributed by atoms with E-state index in [9.17, 15) is 5.11 Å². The van der Waals surface area contributed by atoms with Crippen molar-refractivity contribution in [1.82, 2.24) is 4.98 Å². The van der Waals surface area contributed by atoms with Crippen LogP contribution in [0.2, 0.25) is 10.0 Å². The second kappa shape index (κ2) is 4.27. The average Bonchev–Trinajstić information content (AvgIpc) is 2.03. The highest BCUT2D eigenvalue weighted by atomic mass is 35.5. The molecule has 0 amide bonds. The summed E-state index contributed by atoms with van der Waals surface area (Å²) in [7, 11) is 0. The van der Waals surface area contributed by atoms with Gasteiger partial charge in [-0.25, -0.2) is 0 Å². The number of hydrogen-bond acceptors (Lipinski definition) is 2. The summed E-state index contributed by atoms with van der Waals surface area (Å²) in [5.41, 5.74) is 0.682. The maximum absolute atomic E-state index is 9.34. The third-order valence-corrected chi connectivity index (χ3v) is 2.50. The number of hydrogen-bond donors (Lipinski definition) is 1. The third-order valence-electron chi connectivity index (χ3n) is 1.99. The number of rotatable bonds is 2. The molecule has 1 aromatic rings. The molecule has 0 aromatic carbocycles. The second-order valence-corrected chi connectivity index (χ2v) is 3.89. The quantitative estimate of drug-likeness (QED) is 0.831. The fourth-order valence-corrected chi connectivity index (χ4v) is 1.54. The SMILES string of the molecule is CC(O)C(C)c1ncc(Cl)cc1Cl. The van der Waals surface area contributed by atoms with Crippen LogP contribution in [0.25, 0.3) is 0 Å². The molecule has 72 valence electrons. The van der Waals surface area contributed by atoms with E-state index >= 15 is 0 Å². The van der Waals surface area contributed by atoms with Crippen LogP contribution in [0, 0.1) is 0 Å². The van der Waals surface area contributed by atoms with E-state index in [1.165, 1.54) is 6.20 Å². The summed E-state index contributed by atoms with van der Waals surface area (Å²) in [4.78, 5) is 4.08. The third kappa shape index (κ3) is 2.56. The van der Waals surface area contributed by atoms with E-state index in [0.717, 1.165) is 0 Å². The van der Waals surface area contributed by atoms with Crippen LogP contribution in [0.1, 0.15) is 25.5 Å². The number of nitrogens with zero attached hydrogens (tertiary/aromatic N) is 1. The molecule has 0 saturated heterocycles. The first kappa shape index (κ1) is 10.8. The van der Waals surface area contributed by atoms with E-state index < -0.39 is 6.10 Å². The summed E-state index contributed by atoms with van der Waals surface area (Å²) in [6.45, 7) is 3.57. The molecule has 0 spiro atoms. The molecule has 0 aliphatic rings. The van der Waals surface area contributed by atoms with E-state index in [0.29, 0.717) is 15.7 Å². The molecule has 1 aromatic heterocycles. The maximum Gasteiger partial charge on any atom is 0.0644 e. The number of aromatic nitrogens is 1. The lowest BCUT2D eigenvalue weighted by molar-refractivity contribution is 0.167. The van der Waals surface area contributed by atoms with Gasteiger partial charge >= 0.3 is 0 Å². The zero-order valence-electron chi connectivity index (χ0n) is 7.46. The first-order valence-electron chi connectivity index (χ1n) is 4.01. The molecule has 2 unspecified atom stereocenters. The molecule has 13 heavy (non-hydrogen) atoms. The Kier molecular flexibility index (Phi) is 3.54. The Labute approximate surface area is 87.5 Å². The maximum atomic E-state index is 9.34. The Hall–Kier alpha value is -0.310. The van der Waals surface area contributed by atoms with Gasteiger partial charge in [-0.3, -0.25) is 4.98 Å². The van der Waals surface area contributed by atoms with Crippen molar-refractivity contribution in [1.29, 1.82) is 0 Å². The zero-order chi connectivity index (χ0) is 10.0. The summed E-state index contributed by atoms with van der Waals surface area (Å²) >= 11 is 11.6. The van der Waals surface area contributed by atoms with Gasteiger partial charge in [0.25, 0.3) is 0 Å². The normalized spacial score (nSPS) is 15.5. The van der Waals surface area contributed by atoms with Crippen molar-refractivity contribution >= 4 is 23.2 Å². The number of aliphatic hydroxyl groups excluding tert-OH is 1. The lowest BCUT2D eigenvalue weighted by Crippen LogP contribution is -2.12. The Morgan fingerprint density at radius 2 is 2.00 bits per heavy atom. The van der Waals surface area contributed by atoms with Gasteiger partial charge in [-0.1, -0.05) is 30.1 Å². The fraction of sp³-hybridized carbons (Fsp3) is 0.444. The molecule has 0 saturated carbocycles. The van der Waals surface area contributed by atoms with E-state index in [1.807, 2.05) is 6.92 Å². The Bertz CT molecular complexity index is 302. The zero-order valence-corrected chi connectivity index (χ0v) is 8.97. The summed E-state index contributed by atoms with van der Waals surface area (Å²) in [5.74, 6) is -0.0789. The van der Waals surface area contributed by atoms with Crippen LogP contribution in [0.4, 0.5) is 0 Å². The monoisotopic (exact) mass is 219 g/mol. The molecule has 0 fully saturated rings. The largest absolute Gasteiger partial charge is 0.393 e. The lowest BCUT2D eigenvalue weighted by atomic mass is 10.0. The highest BCUT2D eigenvalue weighted by molar-refractivity contribution is 6.34. The van der Waals surface area contributed by atoms with Crippen molar-refractivity contribution in [3.05, 3.63) is 28.0 Å². The van der Waals surface area contributed by atoms with Crippen LogP contribution in [-0.2, 0) is 0 Å². The van der Waals surface area contributed by atoms with Gasteiger partial charge in [0, 0.05) is 12.1 Å². The van der Waals surface area contributed by atoms with Crippen LogP contribution in [0.15, 0.2) is 12.3 Å². The van der Waals surface area contributed by atoms with Crippen LogP contribution >= 0.6 is 23.2 Å². The van der Waals surface area contributed by atoms with Crippen molar-refractivity contribution in [2.24, 2.45) is 0 Å². The minimum absolute atomic E-state index is 0.0789. The summed E-state index contributed by atoms with van der Waals surface area (Å²) in [5, 5.41) is 10.3. The van der Waals surface area contributed by atoms with Crippen molar-refractivity contribution in [2.45, 2.75) is 25.9 Å². The van der Waals surface area contributed by atoms with Gasteiger partial charge in [0.1, 0.15) is 0 Å². The molecular weight excluding hydrogens is 209 g/mol. The number of halogens is 2. The highest BCUT2D eigenvalue weighted by Gasteiger charge is 2.16. The minimum atomic E-state index is -0.467. The van der Waals surface area contributed by atoms with Crippen molar-refractivity contribution in [3.8, 4) is 0 Å². The van der Waals surface area contributed by atoms with E-state index in [1.54, 1.807) is 13.0 Å². The van der Waals surface area contributed by atoms with Crippen LogP contribution in [0.5, 0.6) is 0 Å². The number of aliphatic hydroxyl groups is 1. The Morgan fingerprint density at radius 3 is 2.46 bits per heavy atom. The topological polar surface area (TPSA) is 33.1 Å². The smallest absolute Gasteiger partial charge is 0.0644 e. The molecule has 1 heterocycles. The molecule has 0 aliphatic carbocycles. The molecular formula is C9H11Cl2NO. The van der Waals surface area contributed by atoms with E-state index in [-0.39, 0.29) is 5.92 Å². The molecule has 1 N–H and O–H groups in total. The highest BCUT2D eigenvalue weighted by Crippen LogP contribution is 2.26. The fourth-order valence-electron chi connectivity index (χ4n) is 0.989. The van der Waals surface area contributed by atoms with E-state index in [2.05, 4.69) is 4.98 Å². The van der Waals surface area contributed by atoms with Crippen molar-refractivity contribution < 1.29 is 5.11 Å². The molecule has 0 radical (unpaired) electrons. The summed E-state index contributed by atoms with van der Waals surface area (Å²) in [6, 6.07) is 1.63. The molecule has 0 aliphatic heterocycles. The Morgan fingerprint density at radius 1 is 1.38 bits per heavy atom. The van der Waals surface area contributed by atoms with Crippen LogP contribution in [0.3, 0.4) is 0 Å². The van der Waals surface area contributed by atoms with Gasteiger partial charge in [0.2, 0.25) is 0 Å². The first-order chi connectivity index (χ1) is 6.02. The molecule has 0 bridgehead atoms. The summed E-state index contributed by atoms with van der Waals surface area (Å²) < 4.78 is 0. The Balaban J connectivity index is 3.01. The second-order valence-electron chi connectivity index (χ2n) is 3.05. The van der Waals surface area contributed by atoms with E-state index in [4.69, 9.17) is 23.2 Å². The predicted octanol–water partition coefficient (Wildman–Crippen LogP) is 2.87. The first-order valence-corrected chi connectivity index (χ1v) is 4.77. The van der Waals surface area contributed by atoms with Crippen molar-refractivity contribution in [2.75, 3.05) is 0 Å². The molecule has 2 atom stereocenters. The van der Waals surface area contributed by atoms with Gasteiger partial charge in [0.15, 0.2) is 0 Å². The minimum Gasteiger partial charge on any atom is -0.393 e. The van der Waals surface area contributed by atoms with Crippen LogP contribution < -0.4 is 0 Å². The van der Waals surface area contributed by atoms with Gasteiger partial charge in [-0.2, -0.15) is 0 Å². The van der Waals surface area contributed by atoms with Crippen LogP contribution in [-0.4, -0.2) is 16.2 Å². The lowest BCUT2D eigenvalue weighted by Gasteiger charge is -2.15. The predicted molar refractivity (Wildman–Crippen MR) is 54.4 cm³/mol. The average molecular weight is 220 g/mol. The van der Waals surface area contributed by atoms with Crippen molar-refractivity contribution in [3.63, 3.8) is 0 Å². The van der Waals surface area contributed by atoms with Gasteiger partial charge in [-0.15, -0.1) is 0 Å². The van der Waals surface area contributed by atoms with Gasteiger partial charge in [0.05, 0.1) is 21.8 Å². The number of pyridine rings is 1.